The molecule has 0 radical (unpaired) electrons. The van der Waals surface area contributed by atoms with Gasteiger partial charge in [0.05, 0.1) is 0 Å². The normalized spacial score (nSPS) is 15.6. The van der Waals surface area contributed by atoms with Gasteiger partial charge < -0.3 is 10.4 Å². The molecule has 6 nitrogen and oxygen atoms in total. The lowest BCUT2D eigenvalue weighted by Crippen LogP contribution is -2.46. The summed E-state index contributed by atoms with van der Waals surface area (Å²) in [7, 11) is 0. The van der Waals surface area contributed by atoms with Gasteiger partial charge in [-0.25, -0.2) is 13.6 Å². The van der Waals surface area contributed by atoms with E-state index in [1.165, 1.54) is 18.2 Å². The van der Waals surface area contributed by atoms with Crippen molar-refractivity contribution < 1.29 is 23.5 Å². The zero-order chi connectivity index (χ0) is 17.3. The van der Waals surface area contributed by atoms with Crippen LogP contribution in [0.15, 0.2) is 24.3 Å². The van der Waals surface area contributed by atoms with E-state index < -0.39 is 28.9 Å². The predicted molar refractivity (Wildman–Crippen MR) is 79.8 cm³/mol. The summed E-state index contributed by atoms with van der Waals surface area (Å²) in [6.45, 7) is 0.0545. The van der Waals surface area contributed by atoms with Gasteiger partial charge in [-0.05, 0) is 25.0 Å². The van der Waals surface area contributed by atoms with Crippen molar-refractivity contribution in [2.24, 2.45) is 0 Å². The minimum absolute atomic E-state index is 0.00944. The lowest BCUT2D eigenvalue weighted by atomic mass is 9.64. The Morgan fingerprint density at radius 2 is 1.96 bits per heavy atom. The van der Waals surface area contributed by atoms with E-state index in [9.17, 15) is 18.4 Å². The number of aromatic carboxylic acids is 1. The maximum absolute atomic E-state index is 14.1. The number of hydrogen-bond acceptors (Lipinski definition) is 3. The van der Waals surface area contributed by atoms with Gasteiger partial charge in [0.15, 0.2) is 5.69 Å². The first-order chi connectivity index (χ1) is 11.4. The maximum atomic E-state index is 14.1. The number of carboxylic acids is 1. The quantitative estimate of drug-likeness (QED) is 0.781. The Labute approximate surface area is 135 Å². The Balaban J connectivity index is 1.76. The Bertz CT molecular complexity index is 779. The number of halogens is 2. The van der Waals surface area contributed by atoms with Gasteiger partial charge in [-0.2, -0.15) is 5.10 Å². The van der Waals surface area contributed by atoms with Gasteiger partial charge in [0, 0.05) is 23.6 Å². The Hall–Kier alpha value is -2.77. The molecule has 1 heterocycles. The molecule has 3 N–H and O–H groups in total. The molecule has 1 aliphatic rings. The third-order valence-electron chi connectivity index (χ3n) is 4.43. The summed E-state index contributed by atoms with van der Waals surface area (Å²) in [6, 6.07) is 4.81. The minimum Gasteiger partial charge on any atom is -0.477 e. The van der Waals surface area contributed by atoms with E-state index in [-0.39, 0.29) is 23.5 Å². The number of carbonyl (C=O) groups is 2. The largest absolute Gasteiger partial charge is 0.477 e. The number of carboxylic acid groups (broad SMARTS) is 1. The molecule has 1 aliphatic carbocycles. The van der Waals surface area contributed by atoms with Crippen LogP contribution in [0, 0.1) is 11.6 Å². The molecule has 8 heteroatoms. The molecule has 1 aromatic carbocycles. The number of amides is 1. The maximum Gasteiger partial charge on any atom is 0.353 e. The summed E-state index contributed by atoms with van der Waals surface area (Å²) in [5, 5.41) is 17.3. The third-order valence-corrected chi connectivity index (χ3v) is 4.43. The Morgan fingerprint density at radius 3 is 2.46 bits per heavy atom. The third kappa shape index (κ3) is 2.75. The predicted octanol–water partition coefficient (Wildman–Crippen LogP) is 2.24. The van der Waals surface area contributed by atoms with Gasteiger partial charge in [-0.3, -0.25) is 9.89 Å². The summed E-state index contributed by atoms with van der Waals surface area (Å²) in [4.78, 5) is 22.9. The number of H-pyrrole nitrogens is 1. The highest BCUT2D eigenvalue weighted by Crippen LogP contribution is 2.45. The highest BCUT2D eigenvalue weighted by atomic mass is 19.1. The molecule has 126 valence electrons. The topological polar surface area (TPSA) is 95.1 Å². The van der Waals surface area contributed by atoms with Crippen LogP contribution >= 0.6 is 0 Å². The summed E-state index contributed by atoms with van der Waals surface area (Å²) in [6.07, 6.45) is 1.94. The van der Waals surface area contributed by atoms with E-state index in [1.54, 1.807) is 0 Å². The van der Waals surface area contributed by atoms with Crippen molar-refractivity contribution in [2.75, 3.05) is 6.54 Å². The van der Waals surface area contributed by atoms with Crippen LogP contribution in [0.1, 0.15) is 45.8 Å². The fraction of sp³-hybridized carbons (Fsp3) is 0.312. The van der Waals surface area contributed by atoms with Gasteiger partial charge in [0.1, 0.15) is 17.3 Å². The number of aromatic nitrogens is 2. The van der Waals surface area contributed by atoms with Crippen LogP contribution in [-0.4, -0.2) is 33.7 Å². The molecule has 0 unspecified atom stereocenters. The molecular formula is C16H15F2N3O3. The molecule has 1 amide bonds. The monoisotopic (exact) mass is 335 g/mol. The molecule has 0 spiro atoms. The first kappa shape index (κ1) is 16.1. The van der Waals surface area contributed by atoms with Crippen LogP contribution in [0.2, 0.25) is 0 Å². The van der Waals surface area contributed by atoms with E-state index in [0.717, 1.165) is 12.5 Å². The van der Waals surface area contributed by atoms with Crippen molar-refractivity contribution in [3.05, 3.63) is 52.9 Å². The van der Waals surface area contributed by atoms with Gasteiger partial charge in [0.2, 0.25) is 0 Å². The van der Waals surface area contributed by atoms with Crippen molar-refractivity contribution in [3.8, 4) is 0 Å². The molecule has 1 aromatic heterocycles. The van der Waals surface area contributed by atoms with Crippen molar-refractivity contribution in [1.29, 1.82) is 0 Å². The fourth-order valence-corrected chi connectivity index (χ4v) is 3.01. The number of benzene rings is 1. The molecule has 1 fully saturated rings. The number of nitrogens with one attached hydrogen (secondary N) is 2. The first-order valence-electron chi connectivity index (χ1n) is 7.44. The summed E-state index contributed by atoms with van der Waals surface area (Å²) >= 11 is 0. The molecule has 3 rings (SSSR count). The minimum atomic E-state index is -1.23. The van der Waals surface area contributed by atoms with Gasteiger partial charge in [-0.15, -0.1) is 0 Å². The lowest BCUT2D eigenvalue weighted by Gasteiger charge is -2.42. The Kier molecular flexibility index (Phi) is 4.04. The number of aromatic amines is 1. The SMILES string of the molecule is O=C(NCC1(c2c(F)cccc2F)CCC1)c1cc(C(=O)O)[nH]n1. The van der Waals surface area contributed by atoms with Crippen molar-refractivity contribution >= 4 is 11.9 Å². The molecular weight excluding hydrogens is 320 g/mol. The second kappa shape index (κ2) is 6.03. The van der Waals surface area contributed by atoms with Crippen LogP contribution in [0.5, 0.6) is 0 Å². The molecule has 24 heavy (non-hydrogen) atoms. The van der Waals surface area contributed by atoms with Crippen LogP contribution in [0.3, 0.4) is 0 Å². The molecule has 0 atom stereocenters. The van der Waals surface area contributed by atoms with E-state index in [1.807, 2.05) is 0 Å². The summed E-state index contributed by atoms with van der Waals surface area (Å²) in [5.74, 6) is -3.08. The van der Waals surface area contributed by atoms with Gasteiger partial charge >= 0.3 is 5.97 Å². The van der Waals surface area contributed by atoms with E-state index in [2.05, 4.69) is 15.5 Å². The van der Waals surface area contributed by atoms with E-state index in [4.69, 9.17) is 5.11 Å². The highest BCUT2D eigenvalue weighted by molar-refractivity contribution is 5.95. The van der Waals surface area contributed by atoms with Crippen molar-refractivity contribution in [3.63, 3.8) is 0 Å². The van der Waals surface area contributed by atoms with Crippen LogP contribution in [-0.2, 0) is 5.41 Å². The van der Waals surface area contributed by atoms with E-state index in [0.29, 0.717) is 12.8 Å². The van der Waals surface area contributed by atoms with Gasteiger partial charge in [0.25, 0.3) is 5.91 Å². The fourth-order valence-electron chi connectivity index (χ4n) is 3.01. The first-order valence-corrected chi connectivity index (χ1v) is 7.44. The Morgan fingerprint density at radius 1 is 1.29 bits per heavy atom. The number of hydrogen-bond donors (Lipinski definition) is 3. The number of carbonyl (C=O) groups excluding carboxylic acids is 1. The van der Waals surface area contributed by atoms with Gasteiger partial charge in [-0.1, -0.05) is 12.5 Å². The summed E-state index contributed by atoms with van der Waals surface area (Å²) < 4.78 is 28.1. The average Bonchev–Trinajstić information content (AvgIpc) is 2.98. The smallest absolute Gasteiger partial charge is 0.353 e. The second-order valence-corrected chi connectivity index (χ2v) is 5.89. The molecule has 0 saturated heterocycles. The molecule has 2 aromatic rings. The second-order valence-electron chi connectivity index (χ2n) is 5.89. The number of nitrogens with zero attached hydrogens (tertiary/aromatic N) is 1. The molecule has 0 aliphatic heterocycles. The zero-order valence-corrected chi connectivity index (χ0v) is 12.6. The van der Waals surface area contributed by atoms with Crippen LogP contribution in [0.25, 0.3) is 0 Å². The average molecular weight is 335 g/mol. The van der Waals surface area contributed by atoms with E-state index >= 15 is 0 Å². The summed E-state index contributed by atoms with van der Waals surface area (Å²) in [5.41, 5.74) is -1.09. The van der Waals surface area contributed by atoms with Crippen LogP contribution < -0.4 is 5.32 Å². The molecule has 1 saturated carbocycles. The lowest BCUT2D eigenvalue weighted by molar-refractivity contribution is 0.0690. The standard InChI is InChI=1S/C16H15F2N3O3/c17-9-3-1-4-10(18)13(9)16(5-2-6-16)8-19-14(22)11-7-12(15(23)24)21-20-11/h1,3-4,7H,2,5-6,8H2,(H,19,22)(H,20,21)(H,23,24). The molecule has 0 bridgehead atoms. The highest BCUT2D eigenvalue weighted by Gasteiger charge is 2.42. The zero-order valence-electron chi connectivity index (χ0n) is 12.6. The van der Waals surface area contributed by atoms with Crippen molar-refractivity contribution in [2.45, 2.75) is 24.7 Å². The van der Waals surface area contributed by atoms with Crippen LogP contribution in [0.4, 0.5) is 8.78 Å². The van der Waals surface area contributed by atoms with Crippen molar-refractivity contribution in [1.82, 2.24) is 15.5 Å². The number of rotatable bonds is 5.